The molecule has 3 nitrogen and oxygen atoms in total. The summed E-state index contributed by atoms with van der Waals surface area (Å²) in [5.41, 5.74) is 2.65. The molecule has 5 heteroatoms. The van der Waals surface area contributed by atoms with Crippen LogP contribution in [0.5, 0.6) is 0 Å². The van der Waals surface area contributed by atoms with Gasteiger partial charge in [0.15, 0.2) is 0 Å². The molecule has 2 rings (SSSR count). The Labute approximate surface area is 71.7 Å². The molecule has 0 aliphatic heterocycles. The first kappa shape index (κ1) is 6.75. The summed E-state index contributed by atoms with van der Waals surface area (Å²) in [6.45, 7) is 0. The fourth-order valence-electron chi connectivity index (χ4n) is 0.750. The van der Waals surface area contributed by atoms with Crippen LogP contribution in [0.15, 0.2) is 22.4 Å². The van der Waals surface area contributed by atoms with Crippen molar-refractivity contribution in [3.8, 4) is 10.6 Å². The van der Waals surface area contributed by atoms with Gasteiger partial charge in [0.1, 0.15) is 6.26 Å². The molecule has 11 heavy (non-hydrogen) atoms. The molecule has 2 aromatic rings. The van der Waals surface area contributed by atoms with Crippen LogP contribution in [0.1, 0.15) is 0 Å². The van der Waals surface area contributed by atoms with Gasteiger partial charge in [0, 0.05) is 6.20 Å². The van der Waals surface area contributed by atoms with E-state index in [0.717, 1.165) is 10.6 Å². The molecule has 0 bridgehead atoms. The number of nitrogens with one attached hydrogen (secondary N) is 1. The highest BCUT2D eigenvalue weighted by molar-refractivity contribution is 7.71. The Morgan fingerprint density at radius 2 is 2.55 bits per heavy atom. The van der Waals surface area contributed by atoms with E-state index >= 15 is 0 Å². The minimum absolute atomic E-state index is 0.397. The predicted molar refractivity (Wildman–Crippen MR) is 45.0 cm³/mol. The monoisotopic (exact) mass is 184 g/mol. The number of thiazole rings is 1. The van der Waals surface area contributed by atoms with Crippen molar-refractivity contribution in [2.75, 3.05) is 0 Å². The zero-order valence-corrected chi connectivity index (χ0v) is 7.04. The molecular formula is C6H4N2OS2. The van der Waals surface area contributed by atoms with E-state index in [4.69, 9.17) is 16.6 Å². The molecule has 2 aromatic heterocycles. The van der Waals surface area contributed by atoms with Crippen molar-refractivity contribution < 1.29 is 4.42 Å². The van der Waals surface area contributed by atoms with Crippen molar-refractivity contribution in [2.24, 2.45) is 0 Å². The Morgan fingerprint density at radius 1 is 1.64 bits per heavy atom. The molecule has 56 valence electrons. The number of hydrogen-bond acceptors (Lipinski definition) is 4. The zero-order chi connectivity index (χ0) is 7.68. The van der Waals surface area contributed by atoms with Gasteiger partial charge in [0.2, 0.25) is 0 Å². The van der Waals surface area contributed by atoms with Gasteiger partial charge < -0.3 is 9.40 Å². The molecule has 0 aliphatic rings. The lowest BCUT2D eigenvalue weighted by atomic mass is 10.4. The van der Waals surface area contributed by atoms with Gasteiger partial charge in [-0.1, -0.05) is 0 Å². The first-order chi connectivity index (χ1) is 5.36. The molecule has 0 aliphatic carbocycles. The van der Waals surface area contributed by atoms with Gasteiger partial charge in [-0.25, -0.2) is 0 Å². The second-order valence-electron chi connectivity index (χ2n) is 1.93. The quantitative estimate of drug-likeness (QED) is 0.692. The molecule has 0 aromatic carbocycles. The van der Waals surface area contributed by atoms with Crippen LogP contribution < -0.4 is 0 Å². The van der Waals surface area contributed by atoms with Crippen LogP contribution >= 0.6 is 23.6 Å². The van der Waals surface area contributed by atoms with Crippen LogP contribution in [0.2, 0.25) is 0 Å². The summed E-state index contributed by atoms with van der Waals surface area (Å²) >= 11 is 6.31. The largest absolute Gasteiger partial charge is 0.437 e. The lowest BCUT2D eigenvalue weighted by molar-refractivity contribution is 0.541. The molecule has 0 radical (unpaired) electrons. The summed E-state index contributed by atoms with van der Waals surface area (Å²) in [6.07, 6.45) is 3.36. The minimum Gasteiger partial charge on any atom is -0.437 e. The highest BCUT2D eigenvalue weighted by Crippen LogP contribution is 2.20. The smallest absolute Gasteiger partial charge is 0.266 e. The van der Waals surface area contributed by atoms with Crippen molar-refractivity contribution in [1.82, 2.24) is 9.97 Å². The SMILES string of the molecule is S=c1[nH]c(-c2cncs2)co1. The Balaban J connectivity index is 2.53. The van der Waals surface area contributed by atoms with E-state index in [-0.39, 0.29) is 0 Å². The van der Waals surface area contributed by atoms with Crippen molar-refractivity contribution in [1.29, 1.82) is 0 Å². The van der Waals surface area contributed by atoms with E-state index < -0.39 is 0 Å². The van der Waals surface area contributed by atoms with E-state index in [1.54, 1.807) is 29.3 Å². The molecule has 2 heterocycles. The highest BCUT2D eigenvalue weighted by Gasteiger charge is 2.00. The van der Waals surface area contributed by atoms with Crippen molar-refractivity contribution in [3.63, 3.8) is 0 Å². The minimum atomic E-state index is 0.397. The maximum absolute atomic E-state index is 4.93. The summed E-state index contributed by atoms with van der Waals surface area (Å²) < 4.78 is 4.93. The first-order valence-corrected chi connectivity index (χ1v) is 4.22. The predicted octanol–water partition coefficient (Wildman–Crippen LogP) is 2.46. The third-order valence-corrected chi connectivity index (χ3v) is 2.22. The normalized spacial score (nSPS) is 10.2. The van der Waals surface area contributed by atoms with Crippen LogP contribution in [0.25, 0.3) is 10.6 Å². The number of H-pyrrole nitrogens is 1. The van der Waals surface area contributed by atoms with Crippen LogP contribution in [0, 0.1) is 4.84 Å². The Hall–Kier alpha value is -0.940. The van der Waals surface area contributed by atoms with Crippen molar-refractivity contribution in [3.05, 3.63) is 22.8 Å². The van der Waals surface area contributed by atoms with Gasteiger partial charge in [-0.3, -0.25) is 4.98 Å². The molecule has 0 fully saturated rings. The van der Waals surface area contributed by atoms with Crippen LogP contribution in [0.4, 0.5) is 0 Å². The van der Waals surface area contributed by atoms with E-state index in [0.29, 0.717) is 4.84 Å². The second-order valence-corrected chi connectivity index (χ2v) is 3.18. The van der Waals surface area contributed by atoms with Gasteiger partial charge in [0.25, 0.3) is 4.84 Å². The van der Waals surface area contributed by atoms with E-state index in [9.17, 15) is 0 Å². The number of aromatic amines is 1. The van der Waals surface area contributed by atoms with Crippen LogP contribution in [-0.2, 0) is 0 Å². The maximum atomic E-state index is 4.93. The molecule has 0 saturated carbocycles. The summed E-state index contributed by atoms with van der Waals surface area (Å²) in [5, 5.41) is 0. The summed E-state index contributed by atoms with van der Waals surface area (Å²) in [6, 6.07) is 0. The highest BCUT2D eigenvalue weighted by atomic mass is 32.1. The molecule has 0 spiro atoms. The lowest BCUT2D eigenvalue weighted by Crippen LogP contribution is -1.68. The average Bonchev–Trinajstić information content (AvgIpc) is 2.55. The zero-order valence-electron chi connectivity index (χ0n) is 5.40. The fourth-order valence-corrected chi connectivity index (χ4v) is 1.49. The number of oxazole rings is 1. The van der Waals surface area contributed by atoms with Gasteiger partial charge in [0.05, 0.1) is 16.1 Å². The van der Waals surface area contributed by atoms with E-state index in [1.165, 1.54) is 0 Å². The molecule has 1 N–H and O–H groups in total. The molecule has 0 atom stereocenters. The molecular weight excluding hydrogens is 180 g/mol. The lowest BCUT2D eigenvalue weighted by Gasteiger charge is -1.82. The van der Waals surface area contributed by atoms with E-state index in [2.05, 4.69) is 9.97 Å². The summed E-state index contributed by atoms with van der Waals surface area (Å²) in [4.78, 5) is 8.26. The Kier molecular flexibility index (Phi) is 1.59. The first-order valence-electron chi connectivity index (χ1n) is 2.93. The number of aromatic nitrogens is 2. The Morgan fingerprint density at radius 3 is 3.09 bits per heavy atom. The van der Waals surface area contributed by atoms with Gasteiger partial charge in [-0.2, -0.15) is 0 Å². The van der Waals surface area contributed by atoms with Crippen LogP contribution in [0.3, 0.4) is 0 Å². The van der Waals surface area contributed by atoms with Gasteiger partial charge in [-0.15, -0.1) is 11.3 Å². The van der Waals surface area contributed by atoms with Crippen LogP contribution in [-0.4, -0.2) is 9.97 Å². The molecule has 0 saturated heterocycles. The molecule has 0 unspecified atom stereocenters. The number of rotatable bonds is 1. The van der Waals surface area contributed by atoms with Crippen molar-refractivity contribution >= 4 is 23.6 Å². The fraction of sp³-hybridized carbons (Fsp3) is 0. The summed E-state index contributed by atoms with van der Waals surface area (Å²) in [7, 11) is 0. The third kappa shape index (κ3) is 1.24. The van der Waals surface area contributed by atoms with Crippen molar-refractivity contribution in [2.45, 2.75) is 0 Å². The van der Waals surface area contributed by atoms with E-state index in [1.807, 2.05) is 0 Å². The van der Waals surface area contributed by atoms with Gasteiger partial charge >= 0.3 is 0 Å². The Bertz CT molecular complexity index is 387. The topological polar surface area (TPSA) is 41.8 Å². The summed E-state index contributed by atoms with van der Waals surface area (Å²) in [5.74, 6) is 0. The number of nitrogens with zero attached hydrogens (tertiary/aromatic N) is 1. The standard InChI is InChI=1S/C6H4N2OS2/c10-6-8-4(2-9-6)5-1-7-3-11-5/h1-3H,(H,8,10). The maximum Gasteiger partial charge on any atom is 0.266 e. The molecule has 0 amide bonds. The second kappa shape index (κ2) is 2.60. The third-order valence-electron chi connectivity index (χ3n) is 1.22. The number of hydrogen-bond donors (Lipinski definition) is 1. The van der Waals surface area contributed by atoms with Gasteiger partial charge in [-0.05, 0) is 12.2 Å². The average molecular weight is 184 g/mol.